The number of nitriles is 1. The van der Waals surface area contributed by atoms with E-state index in [-0.39, 0.29) is 30.9 Å². The number of phenols is 1. The Morgan fingerprint density at radius 3 is 2.52 bits per heavy atom. The van der Waals surface area contributed by atoms with Gasteiger partial charge in [-0.25, -0.2) is 4.79 Å². The van der Waals surface area contributed by atoms with Gasteiger partial charge >= 0.3 is 11.6 Å². The summed E-state index contributed by atoms with van der Waals surface area (Å²) in [5.74, 6) is -0.00165. The summed E-state index contributed by atoms with van der Waals surface area (Å²) in [7, 11) is 1.69. The highest BCUT2D eigenvalue weighted by atomic mass is 35.5. The van der Waals surface area contributed by atoms with E-state index < -0.39 is 11.6 Å². The molecule has 8 heteroatoms. The Labute approximate surface area is 183 Å². The van der Waals surface area contributed by atoms with Crippen molar-refractivity contribution in [2.24, 2.45) is 0 Å². The van der Waals surface area contributed by atoms with Gasteiger partial charge in [0, 0.05) is 23.7 Å². The second kappa shape index (κ2) is 9.83. The lowest BCUT2D eigenvalue weighted by Crippen LogP contribution is -2.26. The number of carbonyl (C=O) groups is 1. The first-order chi connectivity index (χ1) is 14.9. The average molecular weight is 439 g/mol. The molecule has 3 rings (SSSR count). The van der Waals surface area contributed by atoms with Gasteiger partial charge in [0.05, 0.1) is 18.7 Å². The summed E-state index contributed by atoms with van der Waals surface area (Å²) in [4.78, 5) is 26.0. The van der Waals surface area contributed by atoms with Crippen LogP contribution in [0, 0.1) is 11.3 Å². The number of phenolic OH excluding ortho intramolecular Hbond substituents is 1. The van der Waals surface area contributed by atoms with Crippen LogP contribution in [0.5, 0.6) is 5.75 Å². The standard InChI is InChI=1S/C23H19ClN2O5/c1-26(10-11-30-22(28)12-15-2-8-18(27)9-3-15)20-13-21(31-23(29)19(20)14-25)16-4-6-17(24)7-5-16/h2-9,13,27H,10-12H2,1H3. The molecule has 0 atom stereocenters. The quantitative estimate of drug-likeness (QED) is 0.560. The van der Waals surface area contributed by atoms with Gasteiger partial charge in [-0.2, -0.15) is 5.26 Å². The molecule has 31 heavy (non-hydrogen) atoms. The van der Waals surface area contributed by atoms with Crippen LogP contribution in [0.25, 0.3) is 11.3 Å². The molecule has 2 aromatic carbocycles. The van der Waals surface area contributed by atoms with Crippen LogP contribution in [0.4, 0.5) is 5.69 Å². The first-order valence-corrected chi connectivity index (χ1v) is 9.74. The highest BCUT2D eigenvalue weighted by Crippen LogP contribution is 2.26. The molecule has 0 saturated heterocycles. The Kier molecular flexibility index (Phi) is 6.96. The Hall–Kier alpha value is -3.76. The molecular formula is C23H19ClN2O5. The van der Waals surface area contributed by atoms with Gasteiger partial charge in [0.25, 0.3) is 0 Å². The number of likely N-dealkylation sites (N-methyl/N-ethyl adjacent to an activating group) is 1. The zero-order chi connectivity index (χ0) is 22.4. The lowest BCUT2D eigenvalue weighted by molar-refractivity contribution is -0.142. The number of rotatable bonds is 7. The zero-order valence-corrected chi connectivity index (χ0v) is 17.4. The molecule has 158 valence electrons. The van der Waals surface area contributed by atoms with Crippen molar-refractivity contribution < 1.29 is 19.1 Å². The maximum absolute atomic E-state index is 12.3. The molecule has 1 N–H and O–H groups in total. The van der Waals surface area contributed by atoms with Crippen LogP contribution in [0.1, 0.15) is 11.1 Å². The van der Waals surface area contributed by atoms with E-state index in [1.165, 1.54) is 12.1 Å². The third-order valence-corrected chi connectivity index (χ3v) is 4.81. The average Bonchev–Trinajstić information content (AvgIpc) is 2.75. The van der Waals surface area contributed by atoms with Gasteiger partial charge in [0.1, 0.15) is 24.2 Å². The molecule has 0 saturated carbocycles. The first-order valence-electron chi connectivity index (χ1n) is 9.36. The van der Waals surface area contributed by atoms with Crippen LogP contribution >= 0.6 is 11.6 Å². The number of nitrogens with zero attached hydrogens (tertiary/aromatic N) is 2. The third kappa shape index (κ3) is 5.65. The lowest BCUT2D eigenvalue weighted by Gasteiger charge is -2.20. The van der Waals surface area contributed by atoms with E-state index in [1.54, 1.807) is 54.4 Å². The molecule has 7 nitrogen and oxygen atoms in total. The number of benzene rings is 2. The summed E-state index contributed by atoms with van der Waals surface area (Å²) in [5.41, 5.74) is 0.854. The summed E-state index contributed by atoms with van der Waals surface area (Å²) in [5, 5.41) is 19.2. The number of carbonyl (C=O) groups excluding carboxylic acids is 1. The highest BCUT2D eigenvalue weighted by molar-refractivity contribution is 6.30. The normalized spacial score (nSPS) is 10.4. The predicted octanol–water partition coefficient (Wildman–Crippen LogP) is 3.76. The topological polar surface area (TPSA) is 104 Å². The van der Waals surface area contributed by atoms with E-state index in [1.807, 2.05) is 6.07 Å². The van der Waals surface area contributed by atoms with Gasteiger partial charge in [-0.05, 0) is 42.0 Å². The van der Waals surface area contributed by atoms with Crippen LogP contribution in [0.2, 0.25) is 5.02 Å². The van der Waals surface area contributed by atoms with E-state index in [0.717, 1.165) is 5.56 Å². The number of ether oxygens (including phenoxy) is 1. The summed E-state index contributed by atoms with van der Waals surface area (Å²) in [6.45, 7) is 0.328. The predicted molar refractivity (Wildman–Crippen MR) is 116 cm³/mol. The van der Waals surface area contributed by atoms with Crippen LogP contribution in [0.3, 0.4) is 0 Å². The van der Waals surface area contributed by atoms with Crippen molar-refractivity contribution in [3.8, 4) is 23.1 Å². The maximum atomic E-state index is 12.3. The molecule has 0 spiro atoms. The van der Waals surface area contributed by atoms with Crippen LogP contribution in [-0.4, -0.2) is 31.3 Å². The zero-order valence-electron chi connectivity index (χ0n) is 16.7. The molecule has 0 aliphatic heterocycles. The van der Waals surface area contributed by atoms with Crippen LogP contribution in [0.15, 0.2) is 63.8 Å². The molecule has 0 aliphatic carbocycles. The van der Waals surface area contributed by atoms with Crippen LogP contribution < -0.4 is 10.5 Å². The third-order valence-electron chi connectivity index (χ3n) is 4.56. The molecular weight excluding hydrogens is 420 g/mol. The van der Waals surface area contributed by atoms with Gasteiger partial charge < -0.3 is 19.2 Å². The molecule has 0 radical (unpaired) electrons. The summed E-state index contributed by atoms with van der Waals surface area (Å²) in [6, 6.07) is 16.5. The Bertz CT molecular complexity index is 1160. The van der Waals surface area contributed by atoms with Crippen molar-refractivity contribution in [1.29, 1.82) is 5.26 Å². The monoisotopic (exact) mass is 438 g/mol. The Morgan fingerprint density at radius 1 is 1.19 bits per heavy atom. The van der Waals surface area contributed by atoms with Crippen molar-refractivity contribution in [3.05, 3.63) is 81.2 Å². The molecule has 3 aromatic rings. The minimum Gasteiger partial charge on any atom is -0.508 e. The Morgan fingerprint density at radius 2 is 1.87 bits per heavy atom. The molecule has 0 fully saturated rings. The van der Waals surface area contributed by atoms with Gasteiger partial charge in [0.2, 0.25) is 0 Å². The number of hydrogen-bond donors (Lipinski definition) is 1. The van der Waals surface area contributed by atoms with Crippen molar-refractivity contribution in [2.75, 3.05) is 25.1 Å². The molecule has 0 bridgehead atoms. The van der Waals surface area contributed by atoms with Crippen molar-refractivity contribution in [2.45, 2.75) is 6.42 Å². The van der Waals surface area contributed by atoms with E-state index in [2.05, 4.69) is 0 Å². The number of anilines is 1. The summed E-state index contributed by atoms with van der Waals surface area (Å²) in [6.07, 6.45) is 0.0725. The van der Waals surface area contributed by atoms with Gasteiger partial charge in [-0.3, -0.25) is 4.79 Å². The number of halogens is 1. The van der Waals surface area contributed by atoms with Gasteiger partial charge in [-0.15, -0.1) is 0 Å². The van der Waals surface area contributed by atoms with E-state index in [0.29, 0.717) is 22.0 Å². The fourth-order valence-electron chi connectivity index (χ4n) is 2.89. The smallest absolute Gasteiger partial charge is 0.356 e. The highest BCUT2D eigenvalue weighted by Gasteiger charge is 2.16. The lowest BCUT2D eigenvalue weighted by atomic mass is 10.1. The van der Waals surface area contributed by atoms with E-state index in [9.17, 15) is 20.0 Å². The first kappa shape index (κ1) is 21.9. The minimum absolute atomic E-state index is 0.0643. The van der Waals surface area contributed by atoms with Gasteiger partial charge in [0.15, 0.2) is 5.56 Å². The number of aromatic hydroxyl groups is 1. The fraction of sp³-hybridized carbons (Fsp3) is 0.174. The van der Waals surface area contributed by atoms with E-state index in [4.69, 9.17) is 20.8 Å². The molecule has 1 heterocycles. The Balaban J connectivity index is 1.68. The molecule has 1 aromatic heterocycles. The second-order valence-corrected chi connectivity index (χ2v) is 7.20. The number of hydrogen-bond acceptors (Lipinski definition) is 7. The number of esters is 1. The molecule has 0 unspecified atom stereocenters. The minimum atomic E-state index is -0.749. The van der Waals surface area contributed by atoms with Crippen molar-refractivity contribution in [1.82, 2.24) is 0 Å². The molecule has 0 amide bonds. The molecule has 0 aliphatic rings. The van der Waals surface area contributed by atoms with Gasteiger partial charge in [-0.1, -0.05) is 23.7 Å². The van der Waals surface area contributed by atoms with Crippen LogP contribution in [-0.2, 0) is 16.0 Å². The van der Waals surface area contributed by atoms with Crippen molar-refractivity contribution >= 4 is 23.3 Å². The van der Waals surface area contributed by atoms with Crippen molar-refractivity contribution in [3.63, 3.8) is 0 Å². The SMILES string of the molecule is CN(CCOC(=O)Cc1ccc(O)cc1)c1cc(-c2ccc(Cl)cc2)oc(=O)c1C#N. The fourth-order valence-corrected chi connectivity index (χ4v) is 3.02. The maximum Gasteiger partial charge on any atom is 0.356 e. The largest absolute Gasteiger partial charge is 0.508 e. The summed E-state index contributed by atoms with van der Waals surface area (Å²) >= 11 is 5.90. The summed E-state index contributed by atoms with van der Waals surface area (Å²) < 4.78 is 10.5. The second-order valence-electron chi connectivity index (χ2n) is 6.76. The van der Waals surface area contributed by atoms with E-state index >= 15 is 0 Å².